The summed E-state index contributed by atoms with van der Waals surface area (Å²) in [6.45, 7) is 2.51. The maximum absolute atomic E-state index is 10.8. The van der Waals surface area contributed by atoms with Crippen LogP contribution in [0.2, 0.25) is 0 Å². The highest BCUT2D eigenvalue weighted by molar-refractivity contribution is 7.87. The Morgan fingerprint density at radius 1 is 1.45 bits per heavy atom. The lowest BCUT2D eigenvalue weighted by Crippen LogP contribution is -2.18. The molecule has 0 rings (SSSR count). The van der Waals surface area contributed by atoms with Crippen LogP contribution >= 0.6 is 0 Å². The zero-order valence-corrected chi connectivity index (χ0v) is 7.13. The first-order valence-electron chi connectivity index (χ1n) is 2.94. The summed E-state index contributed by atoms with van der Waals surface area (Å²) < 4.78 is 29.9. The van der Waals surface area contributed by atoms with Gasteiger partial charge in [-0.15, -0.1) is 0 Å². The number of hydrogen-bond donors (Lipinski definition) is 0. The molecule has 0 radical (unpaired) electrons. The van der Waals surface area contributed by atoms with E-state index in [1.165, 1.54) is 13.8 Å². The average Bonchev–Trinajstić information content (AvgIpc) is 1.88. The normalized spacial score (nSPS) is 11.5. The van der Waals surface area contributed by atoms with Crippen molar-refractivity contribution in [1.29, 1.82) is 0 Å². The smallest absolute Gasteiger partial charge is 0.295 e. The van der Waals surface area contributed by atoms with Gasteiger partial charge in [-0.2, -0.15) is 8.42 Å². The number of hydrogen-bond acceptors (Lipinski definition) is 5. The fourth-order valence-corrected chi connectivity index (χ4v) is 0.721. The van der Waals surface area contributed by atoms with Gasteiger partial charge in [-0.25, -0.2) is 4.18 Å². The van der Waals surface area contributed by atoms with Crippen molar-refractivity contribution in [3.63, 3.8) is 0 Å². The molecule has 11 heavy (non-hydrogen) atoms. The highest BCUT2D eigenvalue weighted by Crippen LogP contribution is 2.01. The minimum Gasteiger partial charge on any atom is -0.439 e. The molecule has 0 amide bonds. The van der Waals surface area contributed by atoms with Gasteiger partial charge in [-0.05, 0) is 13.8 Å². The van der Waals surface area contributed by atoms with Crippen LogP contribution in [0, 0.1) is 0 Å². The molecule has 0 unspecified atom stereocenters. The van der Waals surface area contributed by atoms with E-state index in [2.05, 4.69) is 8.92 Å². The van der Waals surface area contributed by atoms with E-state index in [1.807, 2.05) is 0 Å². The molecule has 5 nitrogen and oxygen atoms in total. The van der Waals surface area contributed by atoms with Crippen LogP contribution < -0.4 is 0 Å². The van der Waals surface area contributed by atoms with Gasteiger partial charge in [0, 0.05) is 0 Å². The van der Waals surface area contributed by atoms with Gasteiger partial charge in [-0.3, -0.25) is 4.79 Å². The number of ether oxygens (including phenoxy) is 1. The van der Waals surface area contributed by atoms with Crippen molar-refractivity contribution in [1.82, 2.24) is 0 Å². The summed E-state index contributed by atoms with van der Waals surface area (Å²) in [6.07, 6.45) is 0. The van der Waals surface area contributed by atoms with Gasteiger partial charge >= 0.3 is 0 Å². The Hall–Kier alpha value is -0.620. The molecule has 0 fully saturated rings. The minimum absolute atomic E-state index is 0.121. The topological polar surface area (TPSA) is 69.7 Å². The van der Waals surface area contributed by atoms with E-state index in [0.717, 1.165) is 0 Å². The van der Waals surface area contributed by atoms with Crippen LogP contribution in [-0.4, -0.2) is 26.9 Å². The third kappa shape index (κ3) is 3.94. The molecule has 66 valence electrons. The Kier molecular flexibility index (Phi) is 4.06. The van der Waals surface area contributed by atoms with E-state index in [4.69, 9.17) is 0 Å². The van der Waals surface area contributed by atoms with Gasteiger partial charge in [0.15, 0.2) is 0 Å². The van der Waals surface area contributed by atoms with Crippen molar-refractivity contribution in [3.8, 4) is 0 Å². The number of rotatable bonds is 5. The van der Waals surface area contributed by atoms with Gasteiger partial charge in [0.1, 0.15) is 0 Å². The Morgan fingerprint density at radius 3 is 2.36 bits per heavy atom. The van der Waals surface area contributed by atoms with Crippen molar-refractivity contribution >= 4 is 16.6 Å². The maximum Gasteiger partial charge on any atom is 0.295 e. The molecule has 0 aliphatic heterocycles. The maximum atomic E-state index is 10.8. The van der Waals surface area contributed by atoms with E-state index in [1.54, 1.807) is 0 Å². The first-order chi connectivity index (χ1) is 5.00. The van der Waals surface area contributed by atoms with Crippen molar-refractivity contribution in [2.75, 3.05) is 6.79 Å². The molecule has 0 aromatic carbocycles. The van der Waals surface area contributed by atoms with Gasteiger partial charge in [-0.1, -0.05) is 0 Å². The second-order valence-electron chi connectivity index (χ2n) is 2.04. The molecular weight excluding hydrogens is 172 g/mol. The quantitative estimate of drug-likeness (QED) is 0.256. The van der Waals surface area contributed by atoms with Crippen LogP contribution in [0.1, 0.15) is 13.8 Å². The predicted octanol–water partition coefficient (Wildman–Crippen LogP) is -0.128. The van der Waals surface area contributed by atoms with Crippen molar-refractivity contribution in [2.24, 2.45) is 0 Å². The SMILES string of the molecule is CC(C)S(=O)(=O)OCOC=O. The van der Waals surface area contributed by atoms with Crippen LogP contribution in [0.5, 0.6) is 0 Å². The Morgan fingerprint density at radius 2 is 2.00 bits per heavy atom. The third-order valence-corrected chi connectivity index (χ3v) is 2.51. The lowest BCUT2D eigenvalue weighted by atomic mass is 10.6. The fraction of sp³-hybridized carbons (Fsp3) is 0.800. The van der Waals surface area contributed by atoms with E-state index in [-0.39, 0.29) is 6.47 Å². The molecule has 0 aromatic rings. The molecule has 0 aliphatic carbocycles. The number of carbonyl (C=O) groups excluding carboxylic acids is 1. The first-order valence-corrected chi connectivity index (χ1v) is 4.41. The van der Waals surface area contributed by atoms with Crippen LogP contribution in [0.15, 0.2) is 0 Å². The molecule has 6 heteroatoms. The molecule has 0 spiro atoms. The minimum atomic E-state index is -3.55. The Labute approximate surface area is 65.4 Å². The lowest BCUT2D eigenvalue weighted by Gasteiger charge is -2.05. The molecule has 0 saturated heterocycles. The van der Waals surface area contributed by atoms with Crippen LogP contribution in [0.4, 0.5) is 0 Å². The van der Waals surface area contributed by atoms with Gasteiger partial charge in [0.05, 0.1) is 5.25 Å². The summed E-state index contributed by atoms with van der Waals surface area (Å²) in [5.41, 5.74) is 0. The van der Waals surface area contributed by atoms with E-state index in [9.17, 15) is 13.2 Å². The lowest BCUT2D eigenvalue weighted by molar-refractivity contribution is -0.134. The molecule has 0 N–H and O–H groups in total. The summed E-state index contributed by atoms with van der Waals surface area (Å²) in [7, 11) is -3.55. The summed E-state index contributed by atoms with van der Waals surface area (Å²) in [4.78, 5) is 9.56. The summed E-state index contributed by atoms with van der Waals surface area (Å²) >= 11 is 0. The molecule has 0 saturated carbocycles. The van der Waals surface area contributed by atoms with Crippen molar-refractivity contribution in [3.05, 3.63) is 0 Å². The highest BCUT2D eigenvalue weighted by atomic mass is 32.2. The molecule has 0 atom stereocenters. The fourth-order valence-electron chi connectivity index (χ4n) is 0.259. The Balaban J connectivity index is 3.84. The van der Waals surface area contributed by atoms with Crippen molar-refractivity contribution in [2.45, 2.75) is 19.1 Å². The van der Waals surface area contributed by atoms with Gasteiger partial charge in [0.25, 0.3) is 16.6 Å². The second-order valence-corrected chi connectivity index (χ2v) is 4.20. The first kappa shape index (κ1) is 10.4. The third-order valence-electron chi connectivity index (χ3n) is 0.926. The van der Waals surface area contributed by atoms with Crippen LogP contribution in [-0.2, 0) is 23.8 Å². The van der Waals surface area contributed by atoms with Gasteiger partial charge < -0.3 is 4.74 Å². The number of carbonyl (C=O) groups is 1. The van der Waals surface area contributed by atoms with E-state index >= 15 is 0 Å². The van der Waals surface area contributed by atoms with E-state index in [0.29, 0.717) is 0 Å². The molecule has 0 heterocycles. The Bertz CT molecular complexity index is 205. The van der Waals surface area contributed by atoms with Gasteiger partial charge in [0.2, 0.25) is 6.79 Å². The summed E-state index contributed by atoms with van der Waals surface area (Å²) in [5, 5.41) is -0.627. The zero-order chi connectivity index (χ0) is 8.91. The predicted molar refractivity (Wildman–Crippen MR) is 37.2 cm³/mol. The largest absolute Gasteiger partial charge is 0.439 e. The average molecular weight is 182 g/mol. The monoisotopic (exact) mass is 182 g/mol. The zero-order valence-electron chi connectivity index (χ0n) is 6.31. The van der Waals surface area contributed by atoms with E-state index < -0.39 is 22.2 Å². The molecule has 0 aliphatic rings. The van der Waals surface area contributed by atoms with Crippen LogP contribution in [0.3, 0.4) is 0 Å². The molecule has 0 bridgehead atoms. The molecular formula is C5H10O5S. The standard InChI is InChI=1S/C5H10O5S/c1-5(2)11(7,8)10-4-9-3-6/h3,5H,4H2,1-2H3. The summed E-state index contributed by atoms with van der Waals surface area (Å²) in [5.74, 6) is 0. The highest BCUT2D eigenvalue weighted by Gasteiger charge is 2.16. The molecule has 0 aromatic heterocycles. The van der Waals surface area contributed by atoms with Crippen molar-refractivity contribution < 1.29 is 22.1 Å². The summed E-state index contributed by atoms with van der Waals surface area (Å²) in [6, 6.07) is 0. The van der Waals surface area contributed by atoms with Crippen LogP contribution in [0.25, 0.3) is 0 Å². The second kappa shape index (κ2) is 4.30.